The Balaban J connectivity index is 2.16. The number of sulfonamides is 1. The topological polar surface area (TPSA) is 46.6 Å². The zero-order valence-electron chi connectivity index (χ0n) is 9.80. The van der Waals surface area contributed by atoms with Gasteiger partial charge >= 0.3 is 0 Å². The molecular weight excluding hydrogens is 318 g/mol. The van der Waals surface area contributed by atoms with Crippen LogP contribution in [0.2, 0.25) is 0 Å². The SMILES string of the molecule is C=CCOCCN1c2ccc(Br)cc2CS1(=O)=O. The largest absolute Gasteiger partial charge is 0.376 e. The Labute approximate surface area is 115 Å². The van der Waals surface area contributed by atoms with E-state index in [2.05, 4.69) is 22.5 Å². The highest BCUT2D eigenvalue weighted by Crippen LogP contribution is 2.34. The molecule has 0 fully saturated rings. The van der Waals surface area contributed by atoms with Gasteiger partial charge in [-0.2, -0.15) is 0 Å². The first kappa shape index (κ1) is 13.6. The van der Waals surface area contributed by atoms with Crippen LogP contribution >= 0.6 is 15.9 Å². The molecule has 1 aromatic rings. The number of fused-ring (bicyclic) bond motifs is 1. The maximum absolute atomic E-state index is 12.0. The van der Waals surface area contributed by atoms with E-state index in [0.29, 0.717) is 19.8 Å². The molecule has 1 aliphatic rings. The average Bonchev–Trinajstić information content (AvgIpc) is 2.54. The molecule has 0 N–H and O–H groups in total. The summed E-state index contributed by atoms with van der Waals surface area (Å²) in [6, 6.07) is 5.51. The minimum atomic E-state index is -3.24. The van der Waals surface area contributed by atoms with Gasteiger partial charge in [0, 0.05) is 4.47 Å². The van der Waals surface area contributed by atoms with Crippen molar-refractivity contribution in [2.24, 2.45) is 0 Å². The molecule has 98 valence electrons. The molecule has 0 aliphatic carbocycles. The van der Waals surface area contributed by atoms with Crippen LogP contribution in [-0.4, -0.2) is 28.2 Å². The van der Waals surface area contributed by atoms with Gasteiger partial charge in [0.15, 0.2) is 0 Å². The van der Waals surface area contributed by atoms with Crippen LogP contribution in [0.15, 0.2) is 35.3 Å². The van der Waals surface area contributed by atoms with E-state index in [0.717, 1.165) is 15.7 Å². The van der Waals surface area contributed by atoms with Gasteiger partial charge in [-0.25, -0.2) is 8.42 Å². The van der Waals surface area contributed by atoms with Crippen LogP contribution in [0, 0.1) is 0 Å². The van der Waals surface area contributed by atoms with Crippen molar-refractivity contribution in [1.82, 2.24) is 0 Å². The Morgan fingerprint density at radius 2 is 2.28 bits per heavy atom. The second kappa shape index (κ2) is 5.42. The Kier molecular flexibility index (Phi) is 4.09. The maximum Gasteiger partial charge on any atom is 0.239 e. The molecule has 0 bridgehead atoms. The lowest BCUT2D eigenvalue weighted by Gasteiger charge is -2.18. The molecule has 0 amide bonds. The van der Waals surface area contributed by atoms with Crippen molar-refractivity contribution in [2.75, 3.05) is 24.1 Å². The maximum atomic E-state index is 12.0. The number of nitrogens with zero attached hydrogens (tertiary/aromatic N) is 1. The second-order valence-corrected chi connectivity index (χ2v) is 6.77. The molecule has 1 aromatic carbocycles. The van der Waals surface area contributed by atoms with E-state index >= 15 is 0 Å². The van der Waals surface area contributed by atoms with Crippen LogP contribution in [-0.2, 0) is 20.5 Å². The van der Waals surface area contributed by atoms with Gasteiger partial charge in [-0.1, -0.05) is 22.0 Å². The molecule has 0 aromatic heterocycles. The molecule has 0 saturated carbocycles. The van der Waals surface area contributed by atoms with E-state index in [1.807, 2.05) is 18.2 Å². The van der Waals surface area contributed by atoms with Crippen molar-refractivity contribution in [3.05, 3.63) is 40.9 Å². The minimum Gasteiger partial charge on any atom is -0.376 e. The Hall–Kier alpha value is -0.850. The fourth-order valence-electron chi connectivity index (χ4n) is 1.91. The molecule has 0 unspecified atom stereocenters. The Morgan fingerprint density at radius 3 is 3.00 bits per heavy atom. The second-order valence-electron chi connectivity index (χ2n) is 3.96. The highest BCUT2D eigenvalue weighted by Gasteiger charge is 2.32. The fraction of sp³-hybridized carbons (Fsp3) is 0.333. The summed E-state index contributed by atoms with van der Waals surface area (Å²) < 4.78 is 31.6. The lowest BCUT2D eigenvalue weighted by Crippen LogP contribution is -2.30. The summed E-state index contributed by atoms with van der Waals surface area (Å²) in [4.78, 5) is 0. The number of hydrogen-bond donors (Lipinski definition) is 0. The average molecular weight is 332 g/mol. The number of benzene rings is 1. The smallest absolute Gasteiger partial charge is 0.239 e. The van der Waals surface area contributed by atoms with Crippen LogP contribution < -0.4 is 4.31 Å². The van der Waals surface area contributed by atoms with Gasteiger partial charge in [-0.05, 0) is 23.8 Å². The van der Waals surface area contributed by atoms with Crippen LogP contribution in [0.25, 0.3) is 0 Å². The molecule has 4 nitrogen and oxygen atoms in total. The Morgan fingerprint density at radius 1 is 1.50 bits per heavy atom. The van der Waals surface area contributed by atoms with Crippen LogP contribution in [0.4, 0.5) is 5.69 Å². The van der Waals surface area contributed by atoms with Crippen molar-refractivity contribution >= 4 is 31.6 Å². The molecule has 0 spiro atoms. The van der Waals surface area contributed by atoms with E-state index in [-0.39, 0.29) is 5.75 Å². The lowest BCUT2D eigenvalue weighted by atomic mass is 10.2. The summed E-state index contributed by atoms with van der Waals surface area (Å²) >= 11 is 3.35. The molecular formula is C12H14BrNO3S. The zero-order chi connectivity index (χ0) is 13.2. The highest BCUT2D eigenvalue weighted by molar-refractivity contribution is 9.10. The van der Waals surface area contributed by atoms with Gasteiger partial charge in [0.05, 0.1) is 31.2 Å². The van der Waals surface area contributed by atoms with Gasteiger partial charge in [-0.15, -0.1) is 6.58 Å². The van der Waals surface area contributed by atoms with Crippen molar-refractivity contribution in [3.8, 4) is 0 Å². The fourth-order valence-corrected chi connectivity index (χ4v) is 3.93. The predicted molar refractivity (Wildman–Crippen MR) is 75.1 cm³/mol. The summed E-state index contributed by atoms with van der Waals surface area (Å²) in [5.74, 6) is 0.0588. The van der Waals surface area contributed by atoms with E-state index in [9.17, 15) is 8.42 Å². The first-order chi connectivity index (χ1) is 8.54. The van der Waals surface area contributed by atoms with Crippen molar-refractivity contribution in [3.63, 3.8) is 0 Å². The summed E-state index contributed by atoms with van der Waals surface area (Å²) in [7, 11) is -3.24. The van der Waals surface area contributed by atoms with Gasteiger partial charge in [0.1, 0.15) is 0 Å². The quantitative estimate of drug-likeness (QED) is 0.614. The monoisotopic (exact) mass is 331 g/mol. The molecule has 0 atom stereocenters. The lowest BCUT2D eigenvalue weighted by molar-refractivity contribution is 0.171. The zero-order valence-corrected chi connectivity index (χ0v) is 12.2. The van der Waals surface area contributed by atoms with E-state index in [4.69, 9.17) is 4.74 Å². The van der Waals surface area contributed by atoms with Crippen LogP contribution in [0.1, 0.15) is 5.56 Å². The van der Waals surface area contributed by atoms with Gasteiger partial charge in [0.25, 0.3) is 0 Å². The minimum absolute atomic E-state index is 0.0588. The van der Waals surface area contributed by atoms with Crippen molar-refractivity contribution in [1.29, 1.82) is 0 Å². The third kappa shape index (κ3) is 2.76. The molecule has 1 aliphatic heterocycles. The molecule has 2 rings (SSSR count). The molecule has 0 radical (unpaired) electrons. The third-order valence-electron chi connectivity index (χ3n) is 2.66. The van der Waals surface area contributed by atoms with Crippen molar-refractivity contribution in [2.45, 2.75) is 5.75 Å². The normalized spacial score (nSPS) is 16.6. The van der Waals surface area contributed by atoms with E-state index < -0.39 is 10.0 Å². The molecule has 18 heavy (non-hydrogen) atoms. The first-order valence-corrected chi connectivity index (χ1v) is 7.92. The van der Waals surface area contributed by atoms with E-state index in [1.54, 1.807) is 6.08 Å². The molecule has 0 saturated heterocycles. The van der Waals surface area contributed by atoms with Gasteiger partial charge in [0.2, 0.25) is 10.0 Å². The van der Waals surface area contributed by atoms with Crippen LogP contribution in [0.3, 0.4) is 0 Å². The number of halogens is 1. The van der Waals surface area contributed by atoms with Crippen LogP contribution in [0.5, 0.6) is 0 Å². The number of ether oxygens (including phenoxy) is 1. The van der Waals surface area contributed by atoms with Gasteiger partial charge < -0.3 is 4.74 Å². The summed E-state index contributed by atoms with van der Waals surface area (Å²) in [6.45, 7) is 4.67. The van der Waals surface area contributed by atoms with Gasteiger partial charge in [-0.3, -0.25) is 4.31 Å². The highest BCUT2D eigenvalue weighted by atomic mass is 79.9. The number of rotatable bonds is 5. The van der Waals surface area contributed by atoms with Crippen molar-refractivity contribution < 1.29 is 13.2 Å². The predicted octanol–water partition coefficient (Wildman–Crippen LogP) is 2.30. The number of hydrogen-bond acceptors (Lipinski definition) is 3. The standard InChI is InChI=1S/C12H14BrNO3S/c1-2-6-17-7-5-14-12-4-3-11(13)8-10(12)9-18(14,15)16/h2-4,8H,1,5-7,9H2. The van der Waals surface area contributed by atoms with E-state index in [1.165, 1.54) is 4.31 Å². The molecule has 6 heteroatoms. The first-order valence-electron chi connectivity index (χ1n) is 5.52. The summed E-state index contributed by atoms with van der Waals surface area (Å²) in [5.41, 5.74) is 1.58. The Bertz CT molecular complexity index is 556. The summed E-state index contributed by atoms with van der Waals surface area (Å²) in [5, 5.41) is 0. The summed E-state index contributed by atoms with van der Waals surface area (Å²) in [6.07, 6.45) is 1.64. The number of anilines is 1. The molecule has 1 heterocycles. The third-order valence-corrected chi connectivity index (χ3v) is 4.88.